The van der Waals surface area contributed by atoms with Gasteiger partial charge in [0.25, 0.3) is 0 Å². The maximum atomic E-state index is 11.7. The molecule has 9 heteroatoms. The van der Waals surface area contributed by atoms with E-state index >= 15 is 0 Å². The first kappa shape index (κ1) is 9.88. The van der Waals surface area contributed by atoms with Gasteiger partial charge in [0.05, 0.1) is 0 Å². The third-order valence-electron chi connectivity index (χ3n) is 0.504. The van der Waals surface area contributed by atoms with Crippen molar-refractivity contribution >= 4 is 21.2 Å². The number of rotatable bonds is 2. The zero-order chi connectivity index (χ0) is 8.58. The van der Waals surface area contributed by atoms with Crippen LogP contribution in [0.15, 0.2) is 0 Å². The van der Waals surface area contributed by atoms with Gasteiger partial charge >= 0.3 is 14.7 Å². The van der Waals surface area contributed by atoms with E-state index in [-0.39, 0.29) is 0 Å². The molecule has 0 radical (unpaired) electrons. The largest absolute Gasteiger partial charge is 0.469 e. The average Bonchev–Trinajstić information content (AvgIpc) is 1.62. The summed E-state index contributed by atoms with van der Waals surface area (Å²) in [5.41, 5.74) is 0. The summed E-state index contributed by atoms with van der Waals surface area (Å²) in [6.45, 7) is 0. The Balaban J connectivity index is 4.95. The molecule has 0 saturated heterocycles. The fourth-order valence-electron chi connectivity index (χ4n) is 0.0901. The molecule has 0 aliphatic heterocycles. The van der Waals surface area contributed by atoms with Crippen LogP contribution >= 0.6 is 0 Å². The molecule has 1 unspecified atom stereocenters. The molecule has 10 heavy (non-hydrogen) atoms. The van der Waals surface area contributed by atoms with Gasteiger partial charge in [-0.2, -0.15) is 17.2 Å². The standard InChI is InChI=1S/CH2F2O5S2/c2-1(3,9(4)5)10(6,7)8/h(H,4,5)(H,6,7,8). The van der Waals surface area contributed by atoms with E-state index in [1.807, 2.05) is 0 Å². The van der Waals surface area contributed by atoms with Crippen molar-refractivity contribution in [1.29, 1.82) is 0 Å². The second-order valence-corrected chi connectivity index (χ2v) is 3.92. The summed E-state index contributed by atoms with van der Waals surface area (Å²) in [5, 5.41) is 0. The number of alkyl halides is 2. The maximum absolute atomic E-state index is 11.7. The van der Waals surface area contributed by atoms with Crippen LogP contribution in [0.4, 0.5) is 8.78 Å². The Morgan fingerprint density at radius 3 is 1.70 bits per heavy atom. The first-order valence-electron chi connectivity index (χ1n) is 1.65. The highest BCUT2D eigenvalue weighted by Gasteiger charge is 2.51. The SMILES string of the molecule is O=S(O)C(F)(F)S(=O)(=O)O. The first-order chi connectivity index (χ1) is 4.19. The third-order valence-corrected chi connectivity index (χ3v) is 2.57. The van der Waals surface area contributed by atoms with Crippen LogP contribution in [0.1, 0.15) is 0 Å². The second kappa shape index (κ2) is 2.49. The minimum Gasteiger partial charge on any atom is -0.301 e. The van der Waals surface area contributed by atoms with Gasteiger partial charge in [-0.3, -0.25) is 4.55 Å². The summed E-state index contributed by atoms with van der Waals surface area (Å²) in [5.74, 6) is 0. The van der Waals surface area contributed by atoms with Gasteiger partial charge in [0.2, 0.25) is 11.1 Å². The van der Waals surface area contributed by atoms with Crippen LogP contribution in [0.3, 0.4) is 0 Å². The quantitative estimate of drug-likeness (QED) is 0.465. The summed E-state index contributed by atoms with van der Waals surface area (Å²) in [7, 11) is -5.79. The van der Waals surface area contributed by atoms with E-state index in [2.05, 4.69) is 0 Å². The van der Waals surface area contributed by atoms with E-state index in [0.29, 0.717) is 0 Å². The van der Waals surface area contributed by atoms with Crippen LogP contribution in [0.25, 0.3) is 0 Å². The van der Waals surface area contributed by atoms with Crippen molar-refractivity contribution in [3.05, 3.63) is 0 Å². The Morgan fingerprint density at radius 2 is 1.70 bits per heavy atom. The molecule has 0 fully saturated rings. The smallest absolute Gasteiger partial charge is 0.301 e. The Kier molecular flexibility index (Phi) is 2.46. The summed E-state index contributed by atoms with van der Waals surface area (Å²) in [4.78, 5) is 0. The van der Waals surface area contributed by atoms with Gasteiger partial charge in [-0.05, 0) is 0 Å². The minimum atomic E-state index is -5.79. The Labute approximate surface area is 57.1 Å². The van der Waals surface area contributed by atoms with Crippen LogP contribution in [-0.4, -0.2) is 26.3 Å². The highest BCUT2D eigenvalue weighted by molar-refractivity contribution is 8.01. The molecular weight excluding hydrogens is 194 g/mol. The Morgan fingerprint density at radius 1 is 1.40 bits per heavy atom. The molecule has 0 aromatic heterocycles. The van der Waals surface area contributed by atoms with E-state index in [4.69, 9.17) is 9.11 Å². The second-order valence-electron chi connectivity index (χ2n) is 1.19. The third kappa shape index (κ3) is 1.68. The summed E-state index contributed by atoms with van der Waals surface area (Å²) >= 11 is -3.92. The van der Waals surface area contributed by atoms with Gasteiger partial charge in [0, 0.05) is 0 Å². The van der Waals surface area contributed by atoms with E-state index in [1.165, 1.54) is 0 Å². The fourth-order valence-corrected chi connectivity index (χ4v) is 0.811. The predicted octanol–water partition coefficient (Wildman–Crippen LogP) is -0.354. The van der Waals surface area contributed by atoms with E-state index in [0.717, 1.165) is 0 Å². The molecule has 5 nitrogen and oxygen atoms in total. The zero-order valence-corrected chi connectivity index (χ0v) is 5.82. The first-order valence-corrected chi connectivity index (χ1v) is 4.20. The van der Waals surface area contributed by atoms with Gasteiger partial charge in [-0.15, -0.1) is 0 Å². The van der Waals surface area contributed by atoms with Crippen LogP contribution in [0.2, 0.25) is 0 Å². The van der Waals surface area contributed by atoms with Crippen molar-refractivity contribution in [2.45, 2.75) is 4.59 Å². The average molecular weight is 196 g/mol. The monoisotopic (exact) mass is 196 g/mol. The highest BCUT2D eigenvalue weighted by Crippen LogP contribution is 2.22. The summed E-state index contributed by atoms with van der Waals surface area (Å²) in [6.07, 6.45) is 0. The minimum absolute atomic E-state index is 3.92. The number of hydrogen-bond acceptors (Lipinski definition) is 3. The Hall–Kier alpha value is -0.120. The van der Waals surface area contributed by atoms with Crippen molar-refractivity contribution in [1.82, 2.24) is 0 Å². The molecule has 62 valence electrons. The van der Waals surface area contributed by atoms with E-state index in [9.17, 15) is 21.4 Å². The molecule has 2 N–H and O–H groups in total. The molecule has 0 aliphatic rings. The van der Waals surface area contributed by atoms with E-state index < -0.39 is 25.8 Å². The molecule has 1 atom stereocenters. The summed E-state index contributed by atoms with van der Waals surface area (Å²) in [6, 6.07) is 0. The summed E-state index contributed by atoms with van der Waals surface area (Å²) < 4.78 is 62.1. The molecule has 0 aliphatic carbocycles. The molecule has 0 aromatic carbocycles. The van der Waals surface area contributed by atoms with Crippen molar-refractivity contribution < 1.29 is 30.5 Å². The topological polar surface area (TPSA) is 91.7 Å². The van der Waals surface area contributed by atoms with Crippen molar-refractivity contribution in [3.8, 4) is 0 Å². The molecular formula is CH2F2O5S2. The molecule has 0 rings (SSSR count). The normalized spacial score (nSPS) is 16.8. The zero-order valence-electron chi connectivity index (χ0n) is 4.19. The lowest BCUT2D eigenvalue weighted by Gasteiger charge is -2.05. The van der Waals surface area contributed by atoms with Gasteiger partial charge in [0.15, 0.2) is 0 Å². The number of hydrogen-bond donors (Lipinski definition) is 2. The van der Waals surface area contributed by atoms with Gasteiger partial charge in [-0.1, -0.05) is 0 Å². The lowest BCUT2D eigenvalue weighted by molar-refractivity contribution is 0.164. The van der Waals surface area contributed by atoms with E-state index in [1.54, 1.807) is 0 Å². The van der Waals surface area contributed by atoms with Crippen LogP contribution in [-0.2, 0) is 21.2 Å². The Bertz CT molecular complexity index is 240. The highest BCUT2D eigenvalue weighted by atomic mass is 32.3. The lowest BCUT2D eigenvalue weighted by atomic mass is 11.6. The van der Waals surface area contributed by atoms with Crippen LogP contribution < -0.4 is 0 Å². The molecule has 0 bridgehead atoms. The molecule has 0 amide bonds. The van der Waals surface area contributed by atoms with Crippen LogP contribution in [0, 0.1) is 0 Å². The fraction of sp³-hybridized carbons (Fsp3) is 1.00. The van der Waals surface area contributed by atoms with Gasteiger partial charge in [-0.25, -0.2) is 4.21 Å². The van der Waals surface area contributed by atoms with Gasteiger partial charge < -0.3 is 4.55 Å². The van der Waals surface area contributed by atoms with Crippen LogP contribution in [0.5, 0.6) is 0 Å². The van der Waals surface area contributed by atoms with Gasteiger partial charge in [0.1, 0.15) is 0 Å². The molecule has 0 saturated carbocycles. The predicted molar refractivity (Wildman–Crippen MR) is 27.3 cm³/mol. The molecule has 0 heterocycles. The number of halogens is 2. The maximum Gasteiger partial charge on any atom is 0.469 e. The van der Waals surface area contributed by atoms with Crippen molar-refractivity contribution in [2.24, 2.45) is 0 Å². The van der Waals surface area contributed by atoms with Crippen molar-refractivity contribution in [3.63, 3.8) is 0 Å². The lowest BCUT2D eigenvalue weighted by Crippen LogP contribution is -2.32. The molecule has 0 aromatic rings. The van der Waals surface area contributed by atoms with Crippen molar-refractivity contribution in [2.75, 3.05) is 0 Å². The molecule has 0 spiro atoms.